The smallest absolute Gasteiger partial charge is 0.161 e. The second-order valence-electron chi connectivity index (χ2n) is 4.55. The highest BCUT2D eigenvalue weighted by Crippen LogP contribution is 2.30. The minimum absolute atomic E-state index is 0.0601. The molecular weight excluding hydrogens is 242 g/mol. The highest BCUT2D eigenvalue weighted by Gasteiger charge is 2.14. The number of hydrazine groups is 1. The van der Waals surface area contributed by atoms with Gasteiger partial charge in [-0.1, -0.05) is 6.07 Å². The summed E-state index contributed by atoms with van der Waals surface area (Å²) in [6, 6.07) is 6.00. The second kappa shape index (κ2) is 7.99. The van der Waals surface area contributed by atoms with Crippen molar-refractivity contribution in [3.8, 4) is 11.5 Å². The summed E-state index contributed by atoms with van der Waals surface area (Å²) in [5.41, 5.74) is 3.92. The third kappa shape index (κ3) is 4.70. The summed E-state index contributed by atoms with van der Waals surface area (Å²) in [7, 11) is 4.03. The van der Waals surface area contributed by atoms with E-state index < -0.39 is 0 Å². The zero-order valence-electron chi connectivity index (χ0n) is 12.3. The van der Waals surface area contributed by atoms with Gasteiger partial charge >= 0.3 is 0 Å². The number of benzene rings is 1. The van der Waals surface area contributed by atoms with E-state index >= 15 is 0 Å². The zero-order valence-corrected chi connectivity index (χ0v) is 12.3. The van der Waals surface area contributed by atoms with Gasteiger partial charge in [-0.3, -0.25) is 11.3 Å². The van der Waals surface area contributed by atoms with Gasteiger partial charge in [0.1, 0.15) is 0 Å². The van der Waals surface area contributed by atoms with Crippen molar-refractivity contribution in [2.75, 3.05) is 33.9 Å². The van der Waals surface area contributed by atoms with Gasteiger partial charge in [0.05, 0.1) is 19.3 Å². The molecule has 108 valence electrons. The number of hydrogen-bond acceptors (Lipinski definition) is 5. The molecule has 0 spiro atoms. The monoisotopic (exact) mass is 267 g/mol. The van der Waals surface area contributed by atoms with E-state index in [1.807, 2.05) is 46.1 Å². The molecule has 0 saturated heterocycles. The highest BCUT2D eigenvalue weighted by atomic mass is 16.5. The highest BCUT2D eigenvalue weighted by molar-refractivity contribution is 5.44. The minimum Gasteiger partial charge on any atom is -0.490 e. The van der Waals surface area contributed by atoms with E-state index in [0.29, 0.717) is 13.2 Å². The lowest BCUT2D eigenvalue weighted by Gasteiger charge is -2.22. The SMILES string of the molecule is CCOc1ccc(C(CN(C)C)NN)cc1OCC. The van der Waals surface area contributed by atoms with Crippen LogP contribution in [-0.4, -0.2) is 38.8 Å². The largest absolute Gasteiger partial charge is 0.490 e. The Hall–Kier alpha value is -1.30. The van der Waals surface area contributed by atoms with Crippen molar-refractivity contribution >= 4 is 0 Å². The van der Waals surface area contributed by atoms with Crippen molar-refractivity contribution < 1.29 is 9.47 Å². The first-order valence-electron chi connectivity index (χ1n) is 6.62. The molecule has 0 radical (unpaired) electrons. The topological polar surface area (TPSA) is 59.8 Å². The molecule has 1 atom stereocenters. The Balaban J connectivity index is 2.97. The predicted octanol–water partition coefficient (Wildman–Crippen LogP) is 1.55. The van der Waals surface area contributed by atoms with Crippen LogP contribution in [0.15, 0.2) is 18.2 Å². The van der Waals surface area contributed by atoms with Crippen molar-refractivity contribution in [2.45, 2.75) is 19.9 Å². The van der Waals surface area contributed by atoms with E-state index in [1.165, 1.54) is 0 Å². The number of hydrogen-bond donors (Lipinski definition) is 2. The van der Waals surface area contributed by atoms with E-state index in [4.69, 9.17) is 15.3 Å². The van der Waals surface area contributed by atoms with E-state index in [9.17, 15) is 0 Å². The van der Waals surface area contributed by atoms with E-state index in [1.54, 1.807) is 0 Å². The Bertz CT molecular complexity index is 383. The second-order valence-corrected chi connectivity index (χ2v) is 4.55. The molecule has 0 bridgehead atoms. The quantitative estimate of drug-likeness (QED) is 0.553. The third-order valence-electron chi connectivity index (χ3n) is 2.72. The molecule has 1 aromatic carbocycles. The number of nitrogens with zero attached hydrogens (tertiary/aromatic N) is 1. The van der Waals surface area contributed by atoms with Gasteiger partial charge in [-0.05, 0) is 45.6 Å². The molecule has 0 heterocycles. The van der Waals surface area contributed by atoms with Crippen LogP contribution < -0.4 is 20.7 Å². The summed E-state index contributed by atoms with van der Waals surface area (Å²) in [5, 5.41) is 0. The van der Waals surface area contributed by atoms with E-state index in [0.717, 1.165) is 23.6 Å². The molecule has 0 amide bonds. The van der Waals surface area contributed by atoms with Crippen molar-refractivity contribution in [1.29, 1.82) is 0 Å². The molecule has 0 aliphatic heterocycles. The van der Waals surface area contributed by atoms with Crippen molar-refractivity contribution in [2.24, 2.45) is 5.84 Å². The summed E-state index contributed by atoms with van der Waals surface area (Å²) in [4.78, 5) is 2.08. The molecule has 5 heteroatoms. The zero-order chi connectivity index (χ0) is 14.3. The molecule has 0 aliphatic rings. The van der Waals surface area contributed by atoms with E-state index in [-0.39, 0.29) is 6.04 Å². The van der Waals surface area contributed by atoms with Crippen LogP contribution in [0.2, 0.25) is 0 Å². The fraction of sp³-hybridized carbons (Fsp3) is 0.571. The van der Waals surface area contributed by atoms with Crippen LogP contribution in [0.3, 0.4) is 0 Å². The predicted molar refractivity (Wildman–Crippen MR) is 77.4 cm³/mol. The Morgan fingerprint density at radius 1 is 1.16 bits per heavy atom. The molecule has 1 aromatic rings. The first-order chi connectivity index (χ1) is 9.12. The third-order valence-corrected chi connectivity index (χ3v) is 2.72. The van der Waals surface area contributed by atoms with Gasteiger partial charge in [-0.15, -0.1) is 0 Å². The molecule has 1 unspecified atom stereocenters. The van der Waals surface area contributed by atoms with Crippen LogP contribution >= 0.6 is 0 Å². The summed E-state index contributed by atoms with van der Waals surface area (Å²) in [6.45, 7) is 5.96. The minimum atomic E-state index is 0.0601. The molecule has 0 aliphatic carbocycles. The van der Waals surface area contributed by atoms with Crippen molar-refractivity contribution in [1.82, 2.24) is 10.3 Å². The van der Waals surface area contributed by atoms with Crippen LogP contribution in [0.25, 0.3) is 0 Å². The number of nitrogens with two attached hydrogens (primary N) is 1. The van der Waals surface area contributed by atoms with Gasteiger partial charge in [0.25, 0.3) is 0 Å². The standard InChI is InChI=1S/C14H25N3O2/c1-5-18-13-8-7-11(9-14(13)19-6-2)12(16-15)10-17(3)4/h7-9,12,16H,5-6,10,15H2,1-4H3. The fourth-order valence-corrected chi connectivity index (χ4v) is 1.90. The van der Waals surface area contributed by atoms with Gasteiger partial charge in [0.15, 0.2) is 11.5 Å². The summed E-state index contributed by atoms with van der Waals surface area (Å²) >= 11 is 0. The molecule has 1 rings (SSSR count). The van der Waals surface area contributed by atoms with Gasteiger partial charge in [0.2, 0.25) is 0 Å². The maximum atomic E-state index is 5.63. The van der Waals surface area contributed by atoms with Crippen LogP contribution in [0.4, 0.5) is 0 Å². The van der Waals surface area contributed by atoms with Crippen LogP contribution in [0.1, 0.15) is 25.5 Å². The molecule has 5 nitrogen and oxygen atoms in total. The van der Waals surface area contributed by atoms with E-state index in [2.05, 4.69) is 10.3 Å². The molecule has 3 N–H and O–H groups in total. The number of nitrogens with one attached hydrogen (secondary N) is 1. The molecule has 19 heavy (non-hydrogen) atoms. The maximum Gasteiger partial charge on any atom is 0.161 e. The number of ether oxygens (including phenoxy) is 2. The summed E-state index contributed by atoms with van der Waals surface area (Å²) in [5.74, 6) is 7.16. The fourth-order valence-electron chi connectivity index (χ4n) is 1.90. The average molecular weight is 267 g/mol. The lowest BCUT2D eigenvalue weighted by atomic mass is 10.1. The van der Waals surface area contributed by atoms with Gasteiger partial charge < -0.3 is 14.4 Å². The van der Waals surface area contributed by atoms with Gasteiger partial charge in [-0.2, -0.15) is 0 Å². The number of likely N-dealkylation sites (N-methyl/N-ethyl adjacent to an activating group) is 1. The van der Waals surface area contributed by atoms with Gasteiger partial charge in [0, 0.05) is 6.54 Å². The molecular formula is C14H25N3O2. The Kier molecular flexibility index (Phi) is 6.62. The first kappa shape index (κ1) is 15.8. The lowest BCUT2D eigenvalue weighted by molar-refractivity contribution is 0.286. The first-order valence-corrected chi connectivity index (χ1v) is 6.62. The Morgan fingerprint density at radius 2 is 1.79 bits per heavy atom. The lowest BCUT2D eigenvalue weighted by Crippen LogP contribution is -2.35. The van der Waals surface area contributed by atoms with Crippen molar-refractivity contribution in [3.05, 3.63) is 23.8 Å². The molecule has 0 aromatic heterocycles. The summed E-state index contributed by atoms with van der Waals surface area (Å²) < 4.78 is 11.2. The van der Waals surface area contributed by atoms with Gasteiger partial charge in [-0.25, -0.2) is 0 Å². The average Bonchev–Trinajstić information content (AvgIpc) is 2.38. The van der Waals surface area contributed by atoms with Crippen LogP contribution in [0, 0.1) is 0 Å². The van der Waals surface area contributed by atoms with Crippen LogP contribution in [0.5, 0.6) is 11.5 Å². The maximum absolute atomic E-state index is 5.63. The number of rotatable bonds is 8. The Morgan fingerprint density at radius 3 is 2.32 bits per heavy atom. The molecule has 0 saturated carbocycles. The van der Waals surface area contributed by atoms with Crippen LogP contribution in [-0.2, 0) is 0 Å². The molecule has 0 fully saturated rings. The Labute approximate surface area is 115 Å². The van der Waals surface area contributed by atoms with Crippen molar-refractivity contribution in [3.63, 3.8) is 0 Å². The normalized spacial score (nSPS) is 12.5. The summed E-state index contributed by atoms with van der Waals surface area (Å²) in [6.07, 6.45) is 0.